The Kier molecular flexibility index (Phi) is 9.72. The van der Waals surface area contributed by atoms with E-state index in [1.165, 1.54) is 0 Å². The number of aromatic nitrogens is 2. The number of hydrogen-bond donors (Lipinski definition) is 6. The molecule has 0 aliphatic heterocycles. The first-order valence-electron chi connectivity index (χ1n) is 7.18. The summed E-state index contributed by atoms with van der Waals surface area (Å²) in [5.41, 5.74) is -3.97. The van der Waals surface area contributed by atoms with Gasteiger partial charge in [0.25, 0.3) is 5.56 Å². The molecule has 0 radical (unpaired) electrons. The highest BCUT2D eigenvalue weighted by Gasteiger charge is 2.41. The number of aliphatic hydroxyl groups is 1. The lowest BCUT2D eigenvalue weighted by Crippen LogP contribution is -2.38. The van der Waals surface area contributed by atoms with Crippen LogP contribution in [0.4, 0.5) is 4.39 Å². The number of phosphoric acid groups is 3. The molecule has 0 spiro atoms. The number of aromatic amines is 1. The highest BCUT2D eigenvalue weighted by Crippen LogP contribution is 2.66. The zero-order chi connectivity index (χ0) is 23.3. The summed E-state index contributed by atoms with van der Waals surface area (Å²) in [5, 5.41) is 9.45. The fraction of sp³-hybridized carbons (Fsp3) is 0.556. The van der Waals surface area contributed by atoms with Crippen LogP contribution in [0.2, 0.25) is 0 Å². The number of alkyl halides is 2. The van der Waals surface area contributed by atoms with Gasteiger partial charge in [0.15, 0.2) is 11.8 Å². The summed E-state index contributed by atoms with van der Waals surface area (Å²) in [4.78, 5) is 59.7. The molecule has 0 aromatic carbocycles. The molecule has 1 rings (SSSR count). The number of aliphatic hydroxyl groups excluding tert-OH is 1. The summed E-state index contributed by atoms with van der Waals surface area (Å²) < 4.78 is 63.4. The Morgan fingerprint density at radius 2 is 1.73 bits per heavy atom. The summed E-state index contributed by atoms with van der Waals surface area (Å²) in [6.45, 7) is -2.63. The van der Waals surface area contributed by atoms with Crippen molar-refractivity contribution in [1.82, 2.24) is 9.55 Å². The number of hydrogen-bond acceptors (Lipinski definition) is 10. The molecule has 2 unspecified atom stereocenters. The third-order valence-electron chi connectivity index (χ3n) is 2.75. The van der Waals surface area contributed by atoms with Crippen molar-refractivity contribution < 1.29 is 60.6 Å². The molecule has 0 saturated carbocycles. The van der Waals surface area contributed by atoms with Crippen LogP contribution in [0.1, 0.15) is 6.23 Å². The van der Waals surface area contributed by atoms with E-state index in [0.717, 1.165) is 12.3 Å². The fourth-order valence-corrected chi connectivity index (χ4v) is 4.85. The number of nitrogens with zero attached hydrogens (tertiary/aromatic N) is 1. The standard InChI is InChI=1S/C9H15ClFN2O14P3/c10-8(15)5(25-7(3-11)13-2-1-6(14)12-9(13)16)4-24-29(20,21)27-30(22,23)26-28(17,18)19/h1-2,5,7-8,15H,3-4H2,(H,20,21)(H,22,23)(H,12,14,16)(H2,17,18,19)/t5-,7-,8-/m1/s1. The average molecular weight is 523 g/mol. The lowest BCUT2D eigenvalue weighted by atomic mass is 10.4. The minimum Gasteiger partial charge on any atom is -0.375 e. The summed E-state index contributed by atoms with van der Waals surface area (Å²) in [5.74, 6) is 0. The van der Waals surface area contributed by atoms with Crippen molar-refractivity contribution in [2.24, 2.45) is 0 Å². The molecule has 0 bridgehead atoms. The summed E-state index contributed by atoms with van der Waals surface area (Å²) >= 11 is 5.39. The first-order valence-corrected chi connectivity index (χ1v) is 12.1. The van der Waals surface area contributed by atoms with E-state index in [9.17, 15) is 37.7 Å². The van der Waals surface area contributed by atoms with E-state index >= 15 is 0 Å². The highest BCUT2D eigenvalue weighted by molar-refractivity contribution is 7.66. The average Bonchev–Trinajstić information content (AvgIpc) is 2.52. The van der Waals surface area contributed by atoms with E-state index in [1.54, 1.807) is 4.98 Å². The molecule has 0 amide bonds. The minimum atomic E-state index is -5.79. The molecule has 0 aliphatic rings. The second-order valence-corrected chi connectivity index (χ2v) is 9.93. The van der Waals surface area contributed by atoms with Crippen molar-refractivity contribution in [2.75, 3.05) is 13.3 Å². The Hall–Kier alpha value is -0.770. The van der Waals surface area contributed by atoms with E-state index in [4.69, 9.17) is 31.0 Å². The SMILES string of the molecule is O=c1ccn([C@@H](CF)O[C@H](COP(=O)(O)OP(=O)(O)OP(=O)(O)O)[C@@H](O)Cl)c(=O)[nH]1. The van der Waals surface area contributed by atoms with Crippen LogP contribution < -0.4 is 11.2 Å². The summed E-state index contributed by atoms with van der Waals surface area (Å²) in [7, 11) is -17.0. The van der Waals surface area contributed by atoms with Gasteiger partial charge < -0.3 is 29.4 Å². The molecule has 0 saturated heterocycles. The van der Waals surface area contributed by atoms with Crippen LogP contribution >= 0.6 is 35.1 Å². The second kappa shape index (κ2) is 10.7. The smallest absolute Gasteiger partial charge is 0.375 e. The number of ether oxygens (including phenoxy) is 1. The van der Waals surface area contributed by atoms with Crippen LogP contribution in [0, 0.1) is 0 Å². The maximum Gasteiger partial charge on any atom is 0.490 e. The molecule has 1 heterocycles. The Bertz CT molecular complexity index is 976. The van der Waals surface area contributed by atoms with Crippen molar-refractivity contribution in [1.29, 1.82) is 0 Å². The maximum atomic E-state index is 13.3. The van der Waals surface area contributed by atoms with Crippen LogP contribution in [-0.2, 0) is 31.6 Å². The molecule has 1 aromatic heterocycles. The molecule has 0 fully saturated rings. The number of nitrogens with one attached hydrogen (secondary N) is 1. The van der Waals surface area contributed by atoms with Gasteiger partial charge in [0.2, 0.25) is 0 Å². The maximum absolute atomic E-state index is 13.3. The number of halogens is 2. The van der Waals surface area contributed by atoms with Crippen molar-refractivity contribution >= 4 is 35.1 Å². The van der Waals surface area contributed by atoms with Crippen molar-refractivity contribution in [3.63, 3.8) is 0 Å². The van der Waals surface area contributed by atoms with E-state index in [0.29, 0.717) is 4.57 Å². The molecule has 0 aliphatic carbocycles. The monoisotopic (exact) mass is 522 g/mol. The van der Waals surface area contributed by atoms with Gasteiger partial charge in [-0.25, -0.2) is 22.9 Å². The van der Waals surface area contributed by atoms with Crippen molar-refractivity contribution in [3.05, 3.63) is 33.1 Å². The minimum absolute atomic E-state index is 0.540. The first-order chi connectivity index (χ1) is 13.6. The molecule has 21 heteroatoms. The van der Waals surface area contributed by atoms with Crippen LogP contribution in [0.5, 0.6) is 0 Å². The summed E-state index contributed by atoms with van der Waals surface area (Å²) in [6.07, 6.45) is -2.83. The molecule has 30 heavy (non-hydrogen) atoms. The molecule has 5 atom stereocenters. The van der Waals surface area contributed by atoms with E-state index in [-0.39, 0.29) is 0 Å². The van der Waals surface area contributed by atoms with E-state index < -0.39 is 65.9 Å². The molecule has 1 aromatic rings. The molecule has 174 valence electrons. The van der Waals surface area contributed by atoms with Gasteiger partial charge in [0.05, 0.1) is 6.61 Å². The predicted octanol–water partition coefficient (Wildman–Crippen LogP) is -0.710. The predicted molar refractivity (Wildman–Crippen MR) is 92.9 cm³/mol. The van der Waals surface area contributed by atoms with Crippen molar-refractivity contribution in [2.45, 2.75) is 17.9 Å². The van der Waals surface area contributed by atoms with Gasteiger partial charge in [-0.15, -0.1) is 0 Å². The van der Waals surface area contributed by atoms with Crippen LogP contribution in [0.15, 0.2) is 21.9 Å². The third kappa shape index (κ3) is 9.58. The Morgan fingerprint density at radius 3 is 2.20 bits per heavy atom. The fourth-order valence-electron chi connectivity index (χ4n) is 1.69. The quantitative estimate of drug-likeness (QED) is 0.147. The second-order valence-electron chi connectivity index (χ2n) is 5.06. The van der Waals surface area contributed by atoms with Crippen LogP contribution in [0.25, 0.3) is 0 Å². The van der Waals surface area contributed by atoms with Gasteiger partial charge in [0.1, 0.15) is 12.8 Å². The Balaban J connectivity index is 2.89. The van der Waals surface area contributed by atoms with E-state index in [1.807, 2.05) is 0 Å². The molecular formula is C9H15ClFN2O14P3. The first kappa shape index (κ1) is 27.3. The van der Waals surface area contributed by atoms with Gasteiger partial charge in [-0.2, -0.15) is 8.62 Å². The largest absolute Gasteiger partial charge is 0.490 e. The Morgan fingerprint density at radius 1 is 1.13 bits per heavy atom. The van der Waals surface area contributed by atoms with Gasteiger partial charge in [-0.3, -0.25) is 18.9 Å². The summed E-state index contributed by atoms with van der Waals surface area (Å²) in [6, 6.07) is 0.839. The molecule has 6 N–H and O–H groups in total. The van der Waals surface area contributed by atoms with Crippen LogP contribution in [0.3, 0.4) is 0 Å². The topological polar surface area (TPSA) is 244 Å². The number of phosphoric ester groups is 1. The zero-order valence-corrected chi connectivity index (χ0v) is 17.7. The number of H-pyrrole nitrogens is 1. The highest BCUT2D eigenvalue weighted by atomic mass is 35.5. The normalized spacial score (nSPS) is 19.4. The van der Waals surface area contributed by atoms with Crippen molar-refractivity contribution in [3.8, 4) is 0 Å². The Labute approximate surface area is 170 Å². The van der Waals surface area contributed by atoms with Gasteiger partial charge in [-0.1, -0.05) is 11.6 Å². The lowest BCUT2D eigenvalue weighted by Gasteiger charge is -2.25. The van der Waals surface area contributed by atoms with Gasteiger partial charge in [0, 0.05) is 12.3 Å². The van der Waals surface area contributed by atoms with Gasteiger partial charge >= 0.3 is 29.2 Å². The van der Waals surface area contributed by atoms with Gasteiger partial charge in [-0.05, 0) is 0 Å². The van der Waals surface area contributed by atoms with E-state index in [2.05, 4.69) is 13.1 Å². The zero-order valence-electron chi connectivity index (χ0n) is 14.3. The molecular weight excluding hydrogens is 507 g/mol. The van der Waals surface area contributed by atoms with Crippen LogP contribution in [-0.4, -0.2) is 59.2 Å². The molecule has 16 nitrogen and oxygen atoms in total. The number of rotatable bonds is 12. The lowest BCUT2D eigenvalue weighted by molar-refractivity contribution is -0.111. The third-order valence-corrected chi connectivity index (χ3v) is 6.83.